The number of carboxylic acids is 1. The molecular formula is C12H14N2O2S. The van der Waals surface area contributed by atoms with E-state index >= 15 is 0 Å². The third kappa shape index (κ3) is 3.00. The van der Waals surface area contributed by atoms with Crippen LogP contribution in [0.25, 0.3) is 11.0 Å². The van der Waals surface area contributed by atoms with Gasteiger partial charge in [0.25, 0.3) is 0 Å². The predicted octanol–water partition coefficient (Wildman–Crippen LogP) is 2.69. The Kier molecular flexibility index (Phi) is 3.68. The molecular weight excluding hydrogens is 236 g/mol. The highest BCUT2D eigenvalue weighted by Crippen LogP contribution is 2.21. The van der Waals surface area contributed by atoms with Crippen LogP contribution in [0.4, 0.5) is 0 Å². The summed E-state index contributed by atoms with van der Waals surface area (Å²) in [6.07, 6.45) is 1.15. The van der Waals surface area contributed by atoms with Gasteiger partial charge in [0, 0.05) is 5.75 Å². The number of benzene rings is 1. The molecule has 2 N–H and O–H groups in total. The largest absolute Gasteiger partial charge is 0.481 e. The number of nitrogens with zero attached hydrogens (tertiary/aromatic N) is 1. The minimum Gasteiger partial charge on any atom is -0.481 e. The molecule has 17 heavy (non-hydrogen) atoms. The monoisotopic (exact) mass is 250 g/mol. The van der Waals surface area contributed by atoms with Crippen LogP contribution in [0.2, 0.25) is 0 Å². The molecule has 0 aliphatic rings. The zero-order valence-corrected chi connectivity index (χ0v) is 10.4. The van der Waals surface area contributed by atoms with Gasteiger partial charge in [-0.1, -0.05) is 24.8 Å². The van der Waals surface area contributed by atoms with Crippen LogP contribution in [0.3, 0.4) is 0 Å². The molecule has 5 heteroatoms. The van der Waals surface area contributed by atoms with Gasteiger partial charge in [-0.15, -0.1) is 0 Å². The molecule has 0 atom stereocenters. The van der Waals surface area contributed by atoms with Gasteiger partial charge >= 0.3 is 5.97 Å². The van der Waals surface area contributed by atoms with E-state index in [2.05, 4.69) is 29.0 Å². The first-order valence-corrected chi connectivity index (χ1v) is 6.51. The highest BCUT2D eigenvalue weighted by Gasteiger charge is 2.05. The summed E-state index contributed by atoms with van der Waals surface area (Å²) in [5.74, 6) is -0.239. The number of hydrogen-bond donors (Lipinski definition) is 2. The molecule has 0 spiro atoms. The molecule has 2 aromatic rings. The lowest BCUT2D eigenvalue weighted by Gasteiger charge is -1.94. The van der Waals surface area contributed by atoms with Crippen LogP contribution in [0.15, 0.2) is 23.4 Å². The molecule has 0 fully saturated rings. The lowest BCUT2D eigenvalue weighted by molar-refractivity contribution is -0.136. The van der Waals surface area contributed by atoms with Crippen molar-refractivity contribution in [1.29, 1.82) is 0 Å². The van der Waals surface area contributed by atoms with Gasteiger partial charge in [-0.25, -0.2) is 4.98 Å². The summed E-state index contributed by atoms with van der Waals surface area (Å²) < 4.78 is 0. The van der Waals surface area contributed by atoms with E-state index in [1.807, 2.05) is 6.07 Å². The second-order valence-electron chi connectivity index (χ2n) is 3.74. The number of nitrogens with one attached hydrogen (secondary N) is 1. The molecule has 0 aliphatic heterocycles. The molecule has 2 rings (SSSR count). The maximum Gasteiger partial charge on any atom is 0.304 e. The average molecular weight is 250 g/mol. The number of carboxylic acid groups (broad SMARTS) is 1. The molecule has 90 valence electrons. The van der Waals surface area contributed by atoms with Crippen molar-refractivity contribution in [2.75, 3.05) is 5.75 Å². The Hall–Kier alpha value is -1.49. The molecule has 0 radical (unpaired) electrons. The Balaban J connectivity index is 2.11. The third-order valence-electron chi connectivity index (χ3n) is 2.49. The van der Waals surface area contributed by atoms with Crippen LogP contribution in [-0.4, -0.2) is 26.8 Å². The third-order valence-corrected chi connectivity index (χ3v) is 3.36. The number of fused-ring (bicyclic) bond motifs is 1. The zero-order valence-electron chi connectivity index (χ0n) is 9.56. The number of hydrogen-bond acceptors (Lipinski definition) is 3. The number of aromatic amines is 1. The molecule has 1 aromatic carbocycles. The lowest BCUT2D eigenvalue weighted by Crippen LogP contribution is -1.95. The minimum atomic E-state index is -0.776. The Morgan fingerprint density at radius 2 is 2.35 bits per heavy atom. The van der Waals surface area contributed by atoms with Gasteiger partial charge in [-0.2, -0.15) is 0 Å². The molecule has 4 nitrogen and oxygen atoms in total. The summed E-state index contributed by atoms with van der Waals surface area (Å²) in [6, 6.07) is 6.14. The van der Waals surface area contributed by atoms with Crippen molar-refractivity contribution >= 4 is 28.8 Å². The molecule has 0 aliphatic carbocycles. The van der Waals surface area contributed by atoms with Crippen molar-refractivity contribution in [2.24, 2.45) is 0 Å². The number of aliphatic carboxylic acids is 1. The lowest BCUT2D eigenvalue weighted by atomic mass is 10.1. The number of thioether (sulfide) groups is 1. The molecule has 0 saturated carbocycles. The van der Waals surface area contributed by atoms with Gasteiger partial charge in [-0.3, -0.25) is 4.79 Å². The van der Waals surface area contributed by atoms with Crippen LogP contribution in [-0.2, 0) is 11.2 Å². The van der Waals surface area contributed by atoms with Crippen LogP contribution in [0.1, 0.15) is 18.9 Å². The molecule has 1 heterocycles. The normalized spacial score (nSPS) is 10.9. The van der Waals surface area contributed by atoms with Crippen LogP contribution < -0.4 is 0 Å². The van der Waals surface area contributed by atoms with E-state index in [9.17, 15) is 4.79 Å². The first kappa shape index (κ1) is 12.0. The van der Waals surface area contributed by atoms with Crippen LogP contribution in [0, 0.1) is 0 Å². The first-order chi connectivity index (χ1) is 8.19. The molecule has 1 aromatic heterocycles. The van der Waals surface area contributed by atoms with Gasteiger partial charge in [0.2, 0.25) is 0 Å². The summed E-state index contributed by atoms with van der Waals surface area (Å²) in [7, 11) is 0. The number of aryl methyl sites for hydroxylation is 1. The maximum atomic E-state index is 10.4. The predicted molar refractivity (Wildman–Crippen MR) is 68.4 cm³/mol. The average Bonchev–Trinajstić information content (AvgIpc) is 2.69. The van der Waals surface area contributed by atoms with E-state index in [0.717, 1.165) is 22.6 Å². The van der Waals surface area contributed by atoms with Crippen LogP contribution in [0.5, 0.6) is 0 Å². The first-order valence-electron chi connectivity index (χ1n) is 5.52. The van der Waals surface area contributed by atoms with Crippen molar-refractivity contribution in [3.05, 3.63) is 23.8 Å². The SMILES string of the molecule is CCc1ccc2nc(SCCC(=O)O)[nH]c2c1. The van der Waals surface area contributed by atoms with E-state index in [1.54, 1.807) is 0 Å². The summed E-state index contributed by atoms with van der Waals surface area (Å²) in [4.78, 5) is 18.0. The van der Waals surface area contributed by atoms with Crippen molar-refractivity contribution < 1.29 is 9.90 Å². The Bertz CT molecular complexity index is 536. The summed E-state index contributed by atoms with van der Waals surface area (Å²) >= 11 is 1.44. The van der Waals surface area contributed by atoms with Crippen molar-refractivity contribution in [2.45, 2.75) is 24.9 Å². The van der Waals surface area contributed by atoms with E-state index in [4.69, 9.17) is 5.11 Å². The van der Waals surface area contributed by atoms with E-state index in [1.165, 1.54) is 17.3 Å². The van der Waals surface area contributed by atoms with Gasteiger partial charge in [0.15, 0.2) is 5.16 Å². The van der Waals surface area contributed by atoms with E-state index in [0.29, 0.717) is 5.75 Å². The highest BCUT2D eigenvalue weighted by molar-refractivity contribution is 7.99. The smallest absolute Gasteiger partial charge is 0.304 e. The fourth-order valence-corrected chi connectivity index (χ4v) is 2.37. The van der Waals surface area contributed by atoms with E-state index < -0.39 is 5.97 Å². The van der Waals surface area contributed by atoms with Gasteiger partial charge < -0.3 is 10.1 Å². The molecule has 0 bridgehead atoms. The van der Waals surface area contributed by atoms with Gasteiger partial charge in [0.1, 0.15) is 0 Å². The zero-order chi connectivity index (χ0) is 12.3. The van der Waals surface area contributed by atoms with E-state index in [-0.39, 0.29) is 6.42 Å². The fraction of sp³-hybridized carbons (Fsp3) is 0.333. The maximum absolute atomic E-state index is 10.4. The number of H-pyrrole nitrogens is 1. The summed E-state index contributed by atoms with van der Waals surface area (Å²) in [6.45, 7) is 2.11. The fourth-order valence-electron chi connectivity index (χ4n) is 1.56. The number of aromatic nitrogens is 2. The summed E-state index contributed by atoms with van der Waals surface area (Å²) in [5, 5.41) is 9.34. The second kappa shape index (κ2) is 5.23. The molecule has 0 saturated heterocycles. The summed E-state index contributed by atoms with van der Waals surface area (Å²) in [5.41, 5.74) is 3.21. The van der Waals surface area contributed by atoms with Crippen LogP contribution >= 0.6 is 11.8 Å². The van der Waals surface area contributed by atoms with Crippen molar-refractivity contribution in [1.82, 2.24) is 9.97 Å². The molecule has 0 amide bonds. The molecule has 0 unspecified atom stereocenters. The van der Waals surface area contributed by atoms with Gasteiger partial charge in [0.05, 0.1) is 17.5 Å². The topological polar surface area (TPSA) is 66.0 Å². The number of carbonyl (C=O) groups is 1. The quantitative estimate of drug-likeness (QED) is 0.801. The van der Waals surface area contributed by atoms with Crippen molar-refractivity contribution in [3.8, 4) is 0 Å². The number of rotatable bonds is 5. The Morgan fingerprint density at radius 1 is 1.53 bits per heavy atom. The standard InChI is InChI=1S/C12H14N2O2S/c1-2-8-3-4-9-10(7-8)14-12(13-9)17-6-5-11(15)16/h3-4,7H,2,5-6H2,1H3,(H,13,14)(H,15,16). The second-order valence-corrected chi connectivity index (χ2v) is 4.82. The Morgan fingerprint density at radius 3 is 3.06 bits per heavy atom. The van der Waals surface area contributed by atoms with Gasteiger partial charge in [-0.05, 0) is 24.1 Å². The number of imidazole rings is 1. The minimum absolute atomic E-state index is 0.155. The van der Waals surface area contributed by atoms with Crippen molar-refractivity contribution in [3.63, 3.8) is 0 Å². The Labute approximate surface area is 103 Å². The highest BCUT2D eigenvalue weighted by atomic mass is 32.2.